The molecule has 0 saturated heterocycles. The van der Waals surface area contributed by atoms with Gasteiger partial charge in [0.1, 0.15) is 18.1 Å². The van der Waals surface area contributed by atoms with Gasteiger partial charge in [-0.25, -0.2) is 8.42 Å². The molecule has 3 atom stereocenters. The van der Waals surface area contributed by atoms with Gasteiger partial charge in [-0.1, -0.05) is 6.92 Å². The van der Waals surface area contributed by atoms with Crippen molar-refractivity contribution in [3.8, 4) is 11.5 Å². The predicted molar refractivity (Wildman–Crippen MR) is 135 cm³/mol. The summed E-state index contributed by atoms with van der Waals surface area (Å²) in [4.78, 5) is 17.2. The van der Waals surface area contributed by atoms with Crippen LogP contribution >= 0.6 is 0 Å². The molecule has 0 saturated carbocycles. The van der Waals surface area contributed by atoms with Gasteiger partial charge in [0.2, 0.25) is 0 Å². The Morgan fingerprint density at radius 1 is 1.03 bits per heavy atom. The van der Waals surface area contributed by atoms with Crippen LogP contribution in [0, 0.1) is 5.92 Å². The summed E-state index contributed by atoms with van der Waals surface area (Å²) in [6.07, 6.45) is -0.127. The summed E-state index contributed by atoms with van der Waals surface area (Å²) in [5, 5.41) is 0. The first kappa shape index (κ1) is 26.8. The van der Waals surface area contributed by atoms with Crippen LogP contribution in [0.3, 0.4) is 0 Å². The van der Waals surface area contributed by atoms with E-state index >= 15 is 0 Å². The van der Waals surface area contributed by atoms with Crippen molar-refractivity contribution in [1.29, 1.82) is 0 Å². The van der Waals surface area contributed by atoms with E-state index < -0.39 is 10.0 Å². The molecule has 192 valence electrons. The first-order valence-corrected chi connectivity index (χ1v) is 13.0. The van der Waals surface area contributed by atoms with Gasteiger partial charge in [-0.05, 0) is 56.3 Å². The highest BCUT2D eigenvalue weighted by Crippen LogP contribution is 2.28. The number of sulfonamides is 1. The normalized spacial score (nSPS) is 22.4. The molecule has 3 rings (SSSR count). The molecule has 2 aromatic carbocycles. The van der Waals surface area contributed by atoms with E-state index in [1.54, 1.807) is 49.4 Å². The van der Waals surface area contributed by atoms with Gasteiger partial charge in [-0.3, -0.25) is 14.4 Å². The minimum atomic E-state index is -3.85. The van der Waals surface area contributed by atoms with Crippen LogP contribution in [0.2, 0.25) is 0 Å². The molecule has 0 unspecified atom stereocenters. The second-order valence-corrected chi connectivity index (χ2v) is 10.7. The number of rotatable bonds is 5. The molecule has 10 heteroatoms. The maximum absolute atomic E-state index is 13.3. The van der Waals surface area contributed by atoms with Gasteiger partial charge >= 0.3 is 0 Å². The summed E-state index contributed by atoms with van der Waals surface area (Å²) >= 11 is 0. The van der Waals surface area contributed by atoms with E-state index in [0.717, 1.165) is 6.54 Å². The zero-order valence-corrected chi connectivity index (χ0v) is 22.0. The fourth-order valence-corrected chi connectivity index (χ4v) is 5.04. The molecule has 0 aliphatic carbocycles. The second-order valence-electron chi connectivity index (χ2n) is 9.03. The number of carbonyl (C=O) groups is 1. The Kier molecular flexibility index (Phi) is 8.63. The highest BCUT2D eigenvalue weighted by molar-refractivity contribution is 7.92. The molecule has 1 amide bonds. The van der Waals surface area contributed by atoms with Crippen molar-refractivity contribution < 1.29 is 27.4 Å². The van der Waals surface area contributed by atoms with Crippen molar-refractivity contribution >= 4 is 21.6 Å². The Balaban J connectivity index is 1.92. The average molecular weight is 506 g/mol. The molecule has 0 radical (unpaired) electrons. The van der Waals surface area contributed by atoms with Gasteiger partial charge in [-0.2, -0.15) is 0 Å². The van der Waals surface area contributed by atoms with E-state index in [2.05, 4.69) is 16.5 Å². The lowest BCUT2D eigenvalue weighted by molar-refractivity contribution is 0.0150. The lowest BCUT2D eigenvalue weighted by Gasteiger charge is -2.34. The number of nitrogens with one attached hydrogen (secondary N) is 1. The van der Waals surface area contributed by atoms with Crippen LogP contribution < -0.4 is 14.2 Å². The third-order valence-electron chi connectivity index (χ3n) is 6.38. The van der Waals surface area contributed by atoms with E-state index in [0.29, 0.717) is 35.9 Å². The van der Waals surface area contributed by atoms with Crippen LogP contribution in [-0.2, 0) is 14.8 Å². The van der Waals surface area contributed by atoms with Gasteiger partial charge < -0.3 is 19.1 Å². The largest absolute Gasteiger partial charge is 0.497 e. The molecule has 0 aromatic heterocycles. The second kappa shape index (κ2) is 11.3. The van der Waals surface area contributed by atoms with Crippen LogP contribution in [-0.4, -0.2) is 84.3 Å². The minimum Gasteiger partial charge on any atom is -0.497 e. The summed E-state index contributed by atoms with van der Waals surface area (Å²) in [5.41, 5.74) is 0.657. The third-order valence-corrected chi connectivity index (χ3v) is 7.78. The zero-order chi connectivity index (χ0) is 25.8. The van der Waals surface area contributed by atoms with Crippen LogP contribution in [0.15, 0.2) is 47.4 Å². The first-order chi connectivity index (χ1) is 16.6. The van der Waals surface area contributed by atoms with Crippen LogP contribution in [0.1, 0.15) is 24.2 Å². The number of benzene rings is 2. The average Bonchev–Trinajstić information content (AvgIpc) is 2.84. The third kappa shape index (κ3) is 6.45. The zero-order valence-electron chi connectivity index (χ0n) is 21.1. The fraction of sp³-hybridized carbons (Fsp3) is 0.480. The number of fused-ring (bicyclic) bond motifs is 1. The highest BCUT2D eigenvalue weighted by Gasteiger charge is 2.27. The summed E-state index contributed by atoms with van der Waals surface area (Å²) in [5.74, 6) is 0.861. The van der Waals surface area contributed by atoms with Crippen LogP contribution in [0.5, 0.6) is 11.5 Å². The van der Waals surface area contributed by atoms with E-state index in [1.807, 2.05) is 14.0 Å². The highest BCUT2D eigenvalue weighted by atomic mass is 32.2. The molecule has 0 fully saturated rings. The molecule has 0 bridgehead atoms. The van der Waals surface area contributed by atoms with E-state index in [4.69, 9.17) is 14.2 Å². The topological polar surface area (TPSA) is 97.4 Å². The number of likely N-dealkylation sites (N-methyl/N-ethyl adjacent to an activating group) is 2. The van der Waals surface area contributed by atoms with Crippen molar-refractivity contribution in [2.24, 2.45) is 5.92 Å². The number of amides is 1. The molecule has 1 heterocycles. The lowest BCUT2D eigenvalue weighted by Crippen LogP contribution is -2.45. The fourth-order valence-electron chi connectivity index (χ4n) is 3.99. The maximum Gasteiger partial charge on any atom is 0.261 e. The van der Waals surface area contributed by atoms with Gasteiger partial charge in [0.15, 0.2) is 0 Å². The quantitative estimate of drug-likeness (QED) is 0.667. The van der Waals surface area contributed by atoms with Crippen molar-refractivity contribution in [2.45, 2.75) is 30.9 Å². The van der Waals surface area contributed by atoms with Gasteiger partial charge in [-0.15, -0.1) is 0 Å². The number of nitrogens with zero attached hydrogens (tertiary/aromatic N) is 2. The molecule has 1 aliphatic heterocycles. The smallest absolute Gasteiger partial charge is 0.261 e. The summed E-state index contributed by atoms with van der Waals surface area (Å²) in [7, 11) is 3.08. The van der Waals surface area contributed by atoms with E-state index in [9.17, 15) is 13.2 Å². The number of hydrogen-bond donors (Lipinski definition) is 1. The van der Waals surface area contributed by atoms with Crippen molar-refractivity contribution in [2.75, 3.05) is 52.7 Å². The predicted octanol–water partition coefficient (Wildman–Crippen LogP) is 2.93. The molecular weight excluding hydrogens is 470 g/mol. The van der Waals surface area contributed by atoms with Gasteiger partial charge in [0, 0.05) is 39.4 Å². The van der Waals surface area contributed by atoms with Gasteiger partial charge in [0.25, 0.3) is 15.9 Å². The number of carbonyl (C=O) groups excluding carboxylic acids is 1. The number of ether oxygens (including phenoxy) is 3. The first-order valence-electron chi connectivity index (χ1n) is 11.5. The maximum atomic E-state index is 13.3. The van der Waals surface area contributed by atoms with Crippen molar-refractivity contribution in [3.05, 3.63) is 48.0 Å². The standard InChI is InChI=1S/C25H35N3O6S/c1-17-14-27(3)18(2)16-34-23-13-19(7-12-22(23)25(29)28(4)15-24(17)33-6)26-35(30,31)21-10-8-20(32-5)9-11-21/h7-13,17-18,24,26H,14-16H2,1-6H3/t17-,18-,24-/m1/s1. The molecule has 2 aromatic rings. The Morgan fingerprint density at radius 2 is 1.71 bits per heavy atom. The van der Waals surface area contributed by atoms with Crippen molar-refractivity contribution in [1.82, 2.24) is 9.80 Å². The molecule has 35 heavy (non-hydrogen) atoms. The number of methoxy groups -OCH3 is 2. The summed E-state index contributed by atoms with van der Waals surface area (Å²) < 4.78 is 45.2. The summed E-state index contributed by atoms with van der Waals surface area (Å²) in [6.45, 7) is 5.69. The van der Waals surface area contributed by atoms with Crippen LogP contribution in [0.4, 0.5) is 5.69 Å². The molecule has 1 N–H and O–H groups in total. The summed E-state index contributed by atoms with van der Waals surface area (Å²) in [6, 6.07) is 10.9. The molecule has 9 nitrogen and oxygen atoms in total. The Hall–Kier alpha value is -2.82. The van der Waals surface area contributed by atoms with Crippen LogP contribution in [0.25, 0.3) is 0 Å². The number of anilines is 1. The Morgan fingerprint density at radius 3 is 2.34 bits per heavy atom. The number of hydrogen-bond acceptors (Lipinski definition) is 7. The van der Waals surface area contributed by atoms with E-state index in [1.165, 1.54) is 19.2 Å². The van der Waals surface area contributed by atoms with Crippen molar-refractivity contribution in [3.63, 3.8) is 0 Å². The minimum absolute atomic E-state index is 0.0645. The Bertz CT molecular complexity index is 1120. The Labute approximate surface area is 208 Å². The lowest BCUT2D eigenvalue weighted by atomic mass is 10.0. The van der Waals surface area contributed by atoms with E-state index in [-0.39, 0.29) is 28.9 Å². The SMILES string of the molecule is COc1ccc(S(=O)(=O)Nc2ccc3c(c2)OC[C@@H](C)N(C)C[C@@H](C)[C@H](OC)CN(C)C3=O)cc1. The molecule has 0 spiro atoms. The molecular formula is C25H35N3O6S. The van der Waals surface area contributed by atoms with Gasteiger partial charge in [0.05, 0.1) is 29.4 Å². The monoisotopic (exact) mass is 505 g/mol. The molecule has 1 aliphatic rings.